The van der Waals surface area contributed by atoms with Gasteiger partial charge < -0.3 is 20.4 Å². The first-order chi connectivity index (χ1) is 18.8. The van der Waals surface area contributed by atoms with Crippen molar-refractivity contribution in [3.8, 4) is 0 Å². The lowest BCUT2D eigenvalue weighted by Gasteiger charge is -2.38. The van der Waals surface area contributed by atoms with Crippen LogP contribution >= 0.6 is 0 Å². The van der Waals surface area contributed by atoms with Gasteiger partial charge in [0, 0.05) is 56.3 Å². The van der Waals surface area contributed by atoms with Gasteiger partial charge in [-0.1, -0.05) is 48.5 Å². The van der Waals surface area contributed by atoms with Crippen molar-refractivity contribution in [2.45, 2.75) is 43.3 Å². The monoisotopic (exact) mass is 553 g/mol. The Kier molecular flexibility index (Phi) is 8.66. The summed E-state index contributed by atoms with van der Waals surface area (Å²) in [4.78, 5) is 30.5. The molecule has 39 heavy (non-hydrogen) atoms. The van der Waals surface area contributed by atoms with Crippen LogP contribution in [0.2, 0.25) is 0 Å². The number of rotatable bonds is 9. The van der Waals surface area contributed by atoms with Crippen LogP contribution < -0.4 is 10.6 Å². The van der Waals surface area contributed by atoms with Crippen molar-refractivity contribution < 1.29 is 18.0 Å². The molecule has 0 bridgehead atoms. The fraction of sp³-hybridized carbons (Fsp3) is 0.517. The highest BCUT2D eigenvalue weighted by atomic mass is 32.2. The summed E-state index contributed by atoms with van der Waals surface area (Å²) in [5.74, 6) is 0.167. The third-order valence-corrected chi connectivity index (χ3v) is 9.46. The van der Waals surface area contributed by atoms with Crippen LogP contribution in [0.5, 0.6) is 0 Å². The predicted molar refractivity (Wildman–Crippen MR) is 151 cm³/mol. The van der Waals surface area contributed by atoms with Crippen LogP contribution in [-0.2, 0) is 14.8 Å². The van der Waals surface area contributed by atoms with Gasteiger partial charge in [-0.3, -0.25) is 9.59 Å². The van der Waals surface area contributed by atoms with Gasteiger partial charge in [0.15, 0.2) is 0 Å². The molecule has 3 aliphatic rings. The smallest absolute Gasteiger partial charge is 0.251 e. The van der Waals surface area contributed by atoms with Crippen LogP contribution in [0.1, 0.15) is 41.1 Å². The van der Waals surface area contributed by atoms with E-state index in [1.165, 1.54) is 22.5 Å². The summed E-state index contributed by atoms with van der Waals surface area (Å²) in [6.07, 6.45) is 4.37. The van der Waals surface area contributed by atoms with E-state index in [0.717, 1.165) is 25.9 Å². The van der Waals surface area contributed by atoms with Gasteiger partial charge in [-0.05, 0) is 50.0 Å². The normalized spacial score (nSPS) is 23.8. The highest BCUT2D eigenvalue weighted by Gasteiger charge is 2.40. The third-order valence-electron chi connectivity index (χ3n) is 8.16. The summed E-state index contributed by atoms with van der Waals surface area (Å²) in [7, 11) is -3.29. The quantitative estimate of drug-likeness (QED) is 0.488. The molecule has 0 radical (unpaired) electrons. The number of sulfonamides is 1. The maximum atomic E-state index is 13.6. The summed E-state index contributed by atoms with van der Waals surface area (Å²) >= 11 is 0. The lowest BCUT2D eigenvalue weighted by atomic mass is 10.0. The van der Waals surface area contributed by atoms with E-state index in [2.05, 4.69) is 45.9 Å². The molecule has 0 unspecified atom stereocenters. The van der Waals surface area contributed by atoms with E-state index in [1.54, 1.807) is 29.2 Å². The maximum absolute atomic E-state index is 13.6. The average molecular weight is 554 g/mol. The first-order valence-electron chi connectivity index (χ1n) is 13.9. The van der Waals surface area contributed by atoms with Crippen LogP contribution in [0.25, 0.3) is 0 Å². The van der Waals surface area contributed by atoms with Gasteiger partial charge >= 0.3 is 0 Å². The van der Waals surface area contributed by atoms with E-state index in [9.17, 15) is 18.0 Å². The molecule has 0 aromatic heterocycles. The van der Waals surface area contributed by atoms with Crippen LogP contribution in [0, 0.1) is 0 Å². The third kappa shape index (κ3) is 7.25. The van der Waals surface area contributed by atoms with E-state index >= 15 is 0 Å². The molecule has 1 saturated carbocycles. The summed E-state index contributed by atoms with van der Waals surface area (Å²) in [5, 5.41) is 6.81. The highest BCUT2D eigenvalue weighted by Crippen LogP contribution is 2.41. The van der Waals surface area contributed by atoms with Gasteiger partial charge in [-0.15, -0.1) is 0 Å². The van der Waals surface area contributed by atoms with Gasteiger partial charge in [0.1, 0.15) is 6.04 Å². The number of carbonyl (C=O) groups excluding carboxylic acids is 2. The number of nitrogens with one attached hydrogen (secondary N) is 2. The largest absolute Gasteiger partial charge is 0.339 e. The Morgan fingerprint density at radius 3 is 2.13 bits per heavy atom. The Bertz CT molecular complexity index is 1230. The number of carbonyl (C=O) groups is 2. The fourth-order valence-corrected chi connectivity index (χ4v) is 6.59. The average Bonchev–Trinajstić information content (AvgIpc) is 3.73. The molecule has 2 aliphatic heterocycles. The van der Waals surface area contributed by atoms with E-state index < -0.39 is 16.1 Å². The van der Waals surface area contributed by atoms with Crippen molar-refractivity contribution in [3.05, 3.63) is 71.8 Å². The van der Waals surface area contributed by atoms with Crippen molar-refractivity contribution in [1.29, 1.82) is 0 Å². The second-order valence-electron chi connectivity index (χ2n) is 11.0. The molecule has 3 fully saturated rings. The zero-order chi connectivity index (χ0) is 27.4. The number of hydrogen-bond acceptors (Lipinski definition) is 6. The van der Waals surface area contributed by atoms with Crippen molar-refractivity contribution >= 4 is 21.8 Å². The first-order valence-corrected chi connectivity index (χ1v) is 15.8. The molecule has 2 amide bonds. The second-order valence-corrected chi connectivity index (χ2v) is 13.0. The van der Waals surface area contributed by atoms with Gasteiger partial charge in [0.2, 0.25) is 15.9 Å². The Morgan fingerprint density at radius 2 is 1.51 bits per heavy atom. The number of amides is 2. The molecular weight excluding hydrogens is 514 g/mol. The Morgan fingerprint density at radius 1 is 0.897 bits per heavy atom. The maximum Gasteiger partial charge on any atom is 0.251 e. The molecule has 5 rings (SSSR count). The summed E-state index contributed by atoms with van der Waals surface area (Å²) in [6, 6.07) is 19.9. The molecule has 2 heterocycles. The summed E-state index contributed by atoms with van der Waals surface area (Å²) < 4.78 is 25.2. The van der Waals surface area contributed by atoms with E-state index in [1.807, 2.05) is 6.07 Å². The fourth-order valence-electron chi connectivity index (χ4n) is 5.77. The van der Waals surface area contributed by atoms with E-state index in [-0.39, 0.29) is 24.9 Å². The van der Waals surface area contributed by atoms with E-state index in [0.29, 0.717) is 43.2 Å². The number of hydrogen-bond donors (Lipinski definition) is 2. The van der Waals surface area contributed by atoms with Gasteiger partial charge in [0.05, 0.1) is 6.26 Å². The molecule has 2 saturated heterocycles. The van der Waals surface area contributed by atoms with Crippen LogP contribution in [-0.4, -0.2) is 105 Å². The van der Waals surface area contributed by atoms with Crippen LogP contribution in [0.3, 0.4) is 0 Å². The SMILES string of the molecule is CS(=O)(=O)N1CCN(C(=O)[C@H](CN2CCC(N[C@@H]3C[C@H]3c3ccccc3)CC2)NC(=O)c2ccccc2)CC1. The lowest BCUT2D eigenvalue weighted by molar-refractivity contribution is -0.135. The zero-order valence-corrected chi connectivity index (χ0v) is 23.4. The summed E-state index contributed by atoms with van der Waals surface area (Å²) in [5.41, 5.74) is 1.91. The number of likely N-dealkylation sites (tertiary alicyclic amines) is 1. The van der Waals surface area contributed by atoms with Gasteiger partial charge in [-0.25, -0.2) is 8.42 Å². The Hall–Kier alpha value is -2.79. The van der Waals surface area contributed by atoms with Crippen molar-refractivity contribution in [3.63, 3.8) is 0 Å². The van der Waals surface area contributed by atoms with Crippen molar-refractivity contribution in [1.82, 2.24) is 24.7 Å². The number of piperidine rings is 1. The van der Waals surface area contributed by atoms with E-state index in [4.69, 9.17) is 0 Å². The molecule has 10 heteroatoms. The lowest BCUT2D eigenvalue weighted by Crippen LogP contribution is -2.59. The molecule has 2 aromatic carbocycles. The predicted octanol–water partition coefficient (Wildman–Crippen LogP) is 1.50. The minimum Gasteiger partial charge on any atom is -0.339 e. The molecule has 0 spiro atoms. The topological polar surface area (TPSA) is 102 Å². The zero-order valence-electron chi connectivity index (χ0n) is 22.5. The van der Waals surface area contributed by atoms with Gasteiger partial charge in [0.25, 0.3) is 5.91 Å². The minimum absolute atomic E-state index is 0.156. The summed E-state index contributed by atoms with van der Waals surface area (Å²) in [6.45, 7) is 3.32. The Balaban J connectivity index is 1.16. The number of nitrogens with zero attached hydrogens (tertiary/aromatic N) is 3. The van der Waals surface area contributed by atoms with Crippen molar-refractivity contribution in [2.75, 3.05) is 52.1 Å². The highest BCUT2D eigenvalue weighted by molar-refractivity contribution is 7.88. The standard InChI is InChI=1S/C29H39N5O4S/c1-39(37,38)34-18-16-33(17-19-34)29(36)27(31-28(35)23-10-6-3-7-11-23)21-32-14-12-24(13-15-32)30-26-20-25(26)22-8-4-2-5-9-22/h2-11,24-27,30H,12-21H2,1H3,(H,31,35)/t25-,26+,27-/m0/s1. The second kappa shape index (κ2) is 12.2. The molecule has 2 aromatic rings. The first kappa shape index (κ1) is 27.8. The molecule has 3 atom stereocenters. The number of piperazine rings is 1. The molecule has 1 aliphatic carbocycles. The van der Waals surface area contributed by atoms with Crippen LogP contribution in [0.15, 0.2) is 60.7 Å². The molecule has 9 nitrogen and oxygen atoms in total. The molecule has 210 valence electrons. The van der Waals surface area contributed by atoms with Gasteiger partial charge in [-0.2, -0.15) is 4.31 Å². The minimum atomic E-state index is -3.29. The van der Waals surface area contributed by atoms with Crippen LogP contribution in [0.4, 0.5) is 0 Å². The van der Waals surface area contributed by atoms with Crippen molar-refractivity contribution in [2.24, 2.45) is 0 Å². The molecular formula is C29H39N5O4S. The number of benzene rings is 2. The Labute approximate surface area is 231 Å². The molecule has 2 N–H and O–H groups in total.